The molecular formula is C14H20N2O3. The molecule has 19 heavy (non-hydrogen) atoms. The highest BCUT2D eigenvalue weighted by molar-refractivity contribution is 5.73. The molecule has 2 rings (SSSR count). The van der Waals surface area contributed by atoms with Crippen LogP contribution in [0.1, 0.15) is 6.92 Å². The fraction of sp³-hybridized carbons (Fsp3) is 0.500. The zero-order valence-electron chi connectivity index (χ0n) is 11.4. The summed E-state index contributed by atoms with van der Waals surface area (Å²) in [5.74, 6) is 0.105. The number of methoxy groups -OCH3 is 1. The van der Waals surface area contributed by atoms with Crippen molar-refractivity contribution in [3.05, 3.63) is 24.3 Å². The second-order valence-electron chi connectivity index (χ2n) is 4.71. The second kappa shape index (κ2) is 5.93. The predicted octanol–water partition coefficient (Wildman–Crippen LogP) is 1.29. The SMILES string of the molecule is COc1ccccc1N1CCN(C(C)C(=O)O)CC1. The smallest absolute Gasteiger partial charge is 0.320 e. The van der Waals surface area contributed by atoms with Gasteiger partial charge in [-0.05, 0) is 19.1 Å². The Bertz CT molecular complexity index is 442. The maximum Gasteiger partial charge on any atom is 0.320 e. The van der Waals surface area contributed by atoms with Crippen molar-refractivity contribution in [3.63, 3.8) is 0 Å². The number of ether oxygens (including phenoxy) is 1. The molecule has 1 aliphatic rings. The summed E-state index contributed by atoms with van der Waals surface area (Å²) in [6.45, 7) is 4.88. The fourth-order valence-corrected chi connectivity index (χ4v) is 2.40. The Morgan fingerprint density at radius 3 is 2.47 bits per heavy atom. The summed E-state index contributed by atoms with van der Waals surface area (Å²) < 4.78 is 5.36. The van der Waals surface area contributed by atoms with Crippen molar-refractivity contribution in [2.75, 3.05) is 38.2 Å². The molecule has 1 heterocycles. The molecule has 1 aromatic rings. The number of hydrogen-bond acceptors (Lipinski definition) is 4. The van der Waals surface area contributed by atoms with Crippen LogP contribution in [-0.4, -0.2) is 55.3 Å². The Morgan fingerprint density at radius 2 is 1.89 bits per heavy atom. The largest absolute Gasteiger partial charge is 0.495 e. The monoisotopic (exact) mass is 264 g/mol. The van der Waals surface area contributed by atoms with E-state index < -0.39 is 12.0 Å². The third kappa shape index (κ3) is 2.98. The van der Waals surface area contributed by atoms with E-state index in [0.29, 0.717) is 0 Å². The third-order valence-electron chi connectivity index (χ3n) is 3.65. The number of hydrogen-bond donors (Lipinski definition) is 1. The molecule has 0 aromatic heterocycles. The van der Waals surface area contributed by atoms with E-state index in [9.17, 15) is 4.79 Å². The average molecular weight is 264 g/mol. The molecule has 1 N–H and O–H groups in total. The van der Waals surface area contributed by atoms with E-state index in [4.69, 9.17) is 9.84 Å². The number of rotatable bonds is 4. The van der Waals surface area contributed by atoms with Crippen LogP contribution in [-0.2, 0) is 4.79 Å². The number of nitrogens with zero attached hydrogens (tertiary/aromatic N) is 2. The van der Waals surface area contributed by atoms with Gasteiger partial charge < -0.3 is 14.7 Å². The highest BCUT2D eigenvalue weighted by atomic mass is 16.5. The molecular weight excluding hydrogens is 244 g/mol. The van der Waals surface area contributed by atoms with Crippen molar-refractivity contribution < 1.29 is 14.6 Å². The summed E-state index contributed by atoms with van der Waals surface area (Å²) in [5, 5.41) is 9.02. The highest BCUT2D eigenvalue weighted by Crippen LogP contribution is 2.28. The van der Waals surface area contributed by atoms with E-state index in [1.54, 1.807) is 14.0 Å². The number of piperazine rings is 1. The summed E-state index contributed by atoms with van der Waals surface area (Å²) in [7, 11) is 1.67. The first-order valence-corrected chi connectivity index (χ1v) is 6.48. The van der Waals surface area contributed by atoms with E-state index in [1.165, 1.54) is 0 Å². The Hall–Kier alpha value is -1.75. The molecule has 1 unspecified atom stereocenters. The Morgan fingerprint density at radius 1 is 1.26 bits per heavy atom. The van der Waals surface area contributed by atoms with Gasteiger partial charge in [0.1, 0.15) is 11.8 Å². The normalized spacial score (nSPS) is 18.1. The van der Waals surface area contributed by atoms with Gasteiger partial charge in [-0.25, -0.2) is 0 Å². The van der Waals surface area contributed by atoms with Crippen LogP contribution in [0.15, 0.2) is 24.3 Å². The van der Waals surface area contributed by atoms with Gasteiger partial charge in [0.2, 0.25) is 0 Å². The molecule has 5 heteroatoms. The van der Waals surface area contributed by atoms with Gasteiger partial charge in [-0.1, -0.05) is 12.1 Å². The van der Waals surface area contributed by atoms with Crippen molar-refractivity contribution in [1.82, 2.24) is 4.90 Å². The van der Waals surface area contributed by atoms with Crippen LogP contribution in [0.3, 0.4) is 0 Å². The van der Waals surface area contributed by atoms with Gasteiger partial charge in [0.15, 0.2) is 0 Å². The van der Waals surface area contributed by atoms with Crippen molar-refractivity contribution in [2.24, 2.45) is 0 Å². The van der Waals surface area contributed by atoms with Crippen LogP contribution < -0.4 is 9.64 Å². The standard InChI is InChI=1S/C14H20N2O3/c1-11(14(17)18)15-7-9-16(10-8-15)12-5-3-4-6-13(12)19-2/h3-6,11H,7-10H2,1-2H3,(H,17,18). The number of anilines is 1. The molecule has 1 aromatic carbocycles. The number of aliphatic carboxylic acids is 1. The fourth-order valence-electron chi connectivity index (χ4n) is 2.40. The Balaban J connectivity index is 2.02. The Kier molecular flexibility index (Phi) is 4.27. The maximum atomic E-state index is 11.0. The number of para-hydroxylation sites is 2. The molecule has 1 fully saturated rings. The van der Waals surface area contributed by atoms with Crippen LogP contribution in [0.4, 0.5) is 5.69 Å². The molecule has 0 aliphatic carbocycles. The van der Waals surface area contributed by atoms with Crippen LogP contribution in [0.5, 0.6) is 5.75 Å². The van der Waals surface area contributed by atoms with Gasteiger partial charge in [0.05, 0.1) is 12.8 Å². The minimum Gasteiger partial charge on any atom is -0.495 e. The molecule has 0 amide bonds. The molecule has 1 atom stereocenters. The minimum absolute atomic E-state index is 0.417. The molecule has 1 saturated heterocycles. The predicted molar refractivity (Wildman–Crippen MR) is 73.9 cm³/mol. The van der Waals surface area contributed by atoms with E-state index in [2.05, 4.69) is 4.90 Å². The van der Waals surface area contributed by atoms with E-state index >= 15 is 0 Å². The zero-order valence-corrected chi connectivity index (χ0v) is 11.4. The lowest BCUT2D eigenvalue weighted by Crippen LogP contribution is -2.51. The first-order valence-electron chi connectivity index (χ1n) is 6.48. The van der Waals surface area contributed by atoms with Gasteiger partial charge in [-0.2, -0.15) is 0 Å². The van der Waals surface area contributed by atoms with Crippen molar-refractivity contribution in [2.45, 2.75) is 13.0 Å². The molecule has 0 saturated carbocycles. The molecule has 5 nitrogen and oxygen atoms in total. The average Bonchev–Trinajstić information content (AvgIpc) is 2.46. The van der Waals surface area contributed by atoms with Crippen molar-refractivity contribution in [3.8, 4) is 5.75 Å². The lowest BCUT2D eigenvalue weighted by molar-refractivity contribution is -0.142. The van der Waals surface area contributed by atoms with Crippen molar-refractivity contribution >= 4 is 11.7 Å². The number of benzene rings is 1. The molecule has 0 spiro atoms. The number of carboxylic acids is 1. The van der Waals surface area contributed by atoms with Gasteiger partial charge in [-0.15, -0.1) is 0 Å². The quantitative estimate of drug-likeness (QED) is 0.888. The molecule has 1 aliphatic heterocycles. The van der Waals surface area contributed by atoms with Crippen LogP contribution in [0.2, 0.25) is 0 Å². The summed E-state index contributed by atoms with van der Waals surface area (Å²) in [6, 6.07) is 7.51. The maximum absolute atomic E-state index is 11.0. The minimum atomic E-state index is -0.759. The first-order chi connectivity index (χ1) is 9.13. The first kappa shape index (κ1) is 13.7. The third-order valence-corrected chi connectivity index (χ3v) is 3.65. The number of carbonyl (C=O) groups is 1. The summed E-state index contributed by atoms with van der Waals surface area (Å²) in [5.41, 5.74) is 1.08. The highest BCUT2D eigenvalue weighted by Gasteiger charge is 2.25. The molecule has 104 valence electrons. The summed E-state index contributed by atoms with van der Waals surface area (Å²) in [4.78, 5) is 15.2. The Labute approximate surface area is 113 Å². The second-order valence-corrected chi connectivity index (χ2v) is 4.71. The van der Waals surface area contributed by atoms with Gasteiger partial charge in [0.25, 0.3) is 0 Å². The van der Waals surface area contributed by atoms with Crippen LogP contribution in [0.25, 0.3) is 0 Å². The van der Waals surface area contributed by atoms with Crippen molar-refractivity contribution in [1.29, 1.82) is 0 Å². The van der Waals surface area contributed by atoms with Gasteiger partial charge in [0, 0.05) is 26.2 Å². The summed E-state index contributed by atoms with van der Waals surface area (Å²) in [6.07, 6.45) is 0. The summed E-state index contributed by atoms with van der Waals surface area (Å²) >= 11 is 0. The molecule has 0 radical (unpaired) electrons. The van der Waals surface area contributed by atoms with Gasteiger partial charge >= 0.3 is 5.97 Å². The lowest BCUT2D eigenvalue weighted by Gasteiger charge is -2.38. The molecule has 0 bridgehead atoms. The van der Waals surface area contributed by atoms with Crippen LogP contribution in [0, 0.1) is 0 Å². The van der Waals surface area contributed by atoms with Gasteiger partial charge in [-0.3, -0.25) is 9.69 Å². The van der Waals surface area contributed by atoms with E-state index in [0.717, 1.165) is 37.6 Å². The lowest BCUT2D eigenvalue weighted by atomic mass is 10.2. The number of carboxylic acid groups (broad SMARTS) is 1. The topological polar surface area (TPSA) is 53.0 Å². The zero-order chi connectivity index (χ0) is 13.8. The van der Waals surface area contributed by atoms with E-state index in [1.807, 2.05) is 29.2 Å². The van der Waals surface area contributed by atoms with E-state index in [-0.39, 0.29) is 0 Å². The van der Waals surface area contributed by atoms with Crippen LogP contribution >= 0.6 is 0 Å².